The van der Waals surface area contributed by atoms with Crippen LogP contribution in [0.3, 0.4) is 0 Å². The second kappa shape index (κ2) is 5.12. The van der Waals surface area contributed by atoms with Crippen LogP contribution in [0.1, 0.15) is 5.56 Å². The molecule has 2 heterocycles. The first-order chi connectivity index (χ1) is 12.9. The number of nitrogens with zero attached hydrogens (tertiary/aromatic N) is 1. The van der Waals surface area contributed by atoms with Gasteiger partial charge in [-0.25, -0.2) is 0 Å². The number of anilines is 1. The van der Waals surface area contributed by atoms with Crippen molar-refractivity contribution in [2.45, 2.75) is 0 Å². The second-order valence-corrected chi connectivity index (χ2v) is 7.02. The molecule has 0 amide bonds. The van der Waals surface area contributed by atoms with E-state index in [9.17, 15) is 0 Å². The Hall–Kier alpha value is -3.26. The van der Waals surface area contributed by atoms with Gasteiger partial charge in [0.2, 0.25) is 0 Å². The first-order valence-corrected chi connectivity index (χ1v) is 9.08. The summed E-state index contributed by atoms with van der Waals surface area (Å²) in [5.41, 5.74) is 8.06. The highest BCUT2D eigenvalue weighted by molar-refractivity contribution is 6.91. The zero-order valence-corrected chi connectivity index (χ0v) is 14.3. The summed E-state index contributed by atoms with van der Waals surface area (Å²) in [6.45, 7) is 0.237. The Morgan fingerprint density at radius 2 is 1.42 bits per heavy atom. The summed E-state index contributed by atoms with van der Waals surface area (Å²) in [4.78, 5) is 2.44. The van der Waals surface area contributed by atoms with Gasteiger partial charge in [0.15, 0.2) is 0 Å². The van der Waals surface area contributed by atoms with Gasteiger partial charge in [-0.2, -0.15) is 0 Å². The van der Waals surface area contributed by atoms with Crippen LogP contribution in [0.5, 0.6) is 0 Å². The standard InChI is InChI=1S/C24H16BN/c1-3-9-19-17(7-1)13-14-23-24(19)20-10-4-6-12-22(20)25-21-11-5-2-8-18(21)15-16-26(23)25/h1-16H. The van der Waals surface area contributed by atoms with E-state index in [0.717, 1.165) is 0 Å². The van der Waals surface area contributed by atoms with E-state index in [-0.39, 0.29) is 6.85 Å². The van der Waals surface area contributed by atoms with Gasteiger partial charge in [0.05, 0.1) is 0 Å². The van der Waals surface area contributed by atoms with E-state index in [0.29, 0.717) is 0 Å². The number of rotatable bonds is 0. The van der Waals surface area contributed by atoms with Gasteiger partial charge in [0.25, 0.3) is 0 Å². The van der Waals surface area contributed by atoms with Crippen molar-refractivity contribution in [3.63, 3.8) is 0 Å². The summed E-state index contributed by atoms with van der Waals surface area (Å²) >= 11 is 0. The third-order valence-corrected chi connectivity index (χ3v) is 5.69. The highest BCUT2D eigenvalue weighted by atomic mass is 15.1. The average molecular weight is 329 g/mol. The topological polar surface area (TPSA) is 3.24 Å². The molecule has 120 valence electrons. The van der Waals surface area contributed by atoms with Crippen molar-refractivity contribution < 1.29 is 0 Å². The van der Waals surface area contributed by atoms with Crippen LogP contribution >= 0.6 is 0 Å². The van der Waals surface area contributed by atoms with Crippen molar-refractivity contribution in [2.75, 3.05) is 4.81 Å². The largest absolute Gasteiger partial charge is 0.382 e. The fourth-order valence-corrected chi connectivity index (χ4v) is 4.57. The third kappa shape index (κ3) is 1.76. The highest BCUT2D eigenvalue weighted by Crippen LogP contribution is 2.41. The number of benzene rings is 4. The molecule has 6 rings (SSSR count). The minimum Gasteiger partial charge on any atom is -0.382 e. The maximum absolute atomic E-state index is 2.44. The first-order valence-electron chi connectivity index (χ1n) is 9.08. The van der Waals surface area contributed by atoms with E-state index in [4.69, 9.17) is 0 Å². The quantitative estimate of drug-likeness (QED) is 0.432. The lowest BCUT2D eigenvalue weighted by molar-refractivity contribution is 1.37. The van der Waals surface area contributed by atoms with Gasteiger partial charge in [-0.15, -0.1) is 0 Å². The van der Waals surface area contributed by atoms with Crippen LogP contribution in [0, 0.1) is 0 Å². The number of hydrogen-bond donors (Lipinski definition) is 0. The SMILES string of the molecule is C1=CN2B(c3ccccc31)c1ccccc1-c1c2ccc2ccccc12. The molecule has 0 atom stereocenters. The van der Waals surface area contributed by atoms with E-state index in [2.05, 4.69) is 102 Å². The molecule has 4 aromatic rings. The predicted molar refractivity (Wildman–Crippen MR) is 112 cm³/mol. The molecule has 0 saturated heterocycles. The fraction of sp³-hybridized carbons (Fsp3) is 0. The van der Waals surface area contributed by atoms with Gasteiger partial charge in [-0.05, 0) is 51.2 Å². The predicted octanol–water partition coefficient (Wildman–Crippen LogP) is 4.42. The van der Waals surface area contributed by atoms with Gasteiger partial charge in [-0.3, -0.25) is 0 Å². The van der Waals surface area contributed by atoms with Crippen LogP contribution in [0.15, 0.2) is 91.1 Å². The molecule has 0 aromatic heterocycles. The van der Waals surface area contributed by atoms with Crippen LogP contribution in [-0.4, -0.2) is 6.85 Å². The molecule has 0 N–H and O–H groups in total. The molecule has 0 aliphatic carbocycles. The van der Waals surface area contributed by atoms with Crippen LogP contribution in [-0.2, 0) is 0 Å². The third-order valence-electron chi connectivity index (χ3n) is 5.69. The Morgan fingerprint density at radius 3 is 2.38 bits per heavy atom. The molecule has 1 nitrogen and oxygen atoms in total. The molecule has 0 fully saturated rings. The number of hydrogen-bond acceptors (Lipinski definition) is 1. The molecule has 0 spiro atoms. The van der Waals surface area contributed by atoms with E-state index in [1.165, 1.54) is 44.1 Å². The summed E-state index contributed by atoms with van der Waals surface area (Å²) in [6, 6.07) is 30.8. The zero-order chi connectivity index (χ0) is 17.1. The highest BCUT2D eigenvalue weighted by Gasteiger charge is 2.38. The minimum atomic E-state index is 0.237. The molecule has 0 bridgehead atoms. The van der Waals surface area contributed by atoms with Crippen molar-refractivity contribution in [3.05, 3.63) is 96.7 Å². The van der Waals surface area contributed by atoms with Crippen molar-refractivity contribution >= 4 is 40.3 Å². The van der Waals surface area contributed by atoms with Gasteiger partial charge in [-0.1, -0.05) is 78.9 Å². The molecule has 4 aromatic carbocycles. The molecule has 2 aliphatic rings. The summed E-state index contributed by atoms with van der Waals surface area (Å²) in [5.74, 6) is 0. The lowest BCUT2D eigenvalue weighted by Crippen LogP contribution is -2.59. The van der Waals surface area contributed by atoms with E-state index in [1.807, 2.05) is 0 Å². The summed E-state index contributed by atoms with van der Waals surface area (Å²) in [6.07, 6.45) is 4.48. The Labute approximate surface area is 153 Å². The van der Waals surface area contributed by atoms with Crippen molar-refractivity contribution in [3.8, 4) is 11.1 Å². The maximum atomic E-state index is 2.44. The van der Waals surface area contributed by atoms with Crippen LogP contribution in [0.4, 0.5) is 5.69 Å². The Balaban J connectivity index is 1.74. The minimum absolute atomic E-state index is 0.237. The lowest BCUT2D eigenvalue weighted by Gasteiger charge is -2.39. The van der Waals surface area contributed by atoms with Crippen LogP contribution in [0.2, 0.25) is 0 Å². The number of fused-ring (bicyclic) bond motifs is 10. The normalized spacial score (nSPS) is 13.8. The van der Waals surface area contributed by atoms with E-state index in [1.54, 1.807) is 0 Å². The lowest BCUT2D eigenvalue weighted by atomic mass is 9.44. The van der Waals surface area contributed by atoms with Crippen LogP contribution < -0.4 is 15.7 Å². The molecule has 2 aliphatic heterocycles. The molecule has 26 heavy (non-hydrogen) atoms. The maximum Gasteiger partial charge on any atom is 0.328 e. The Kier molecular flexibility index (Phi) is 2.75. The molecular weight excluding hydrogens is 313 g/mol. The summed E-state index contributed by atoms with van der Waals surface area (Å²) in [5, 5.41) is 2.61. The molecule has 0 radical (unpaired) electrons. The fourth-order valence-electron chi connectivity index (χ4n) is 4.57. The second-order valence-electron chi connectivity index (χ2n) is 7.02. The van der Waals surface area contributed by atoms with Crippen LogP contribution in [0.25, 0.3) is 28.0 Å². The average Bonchev–Trinajstić information content (AvgIpc) is 2.73. The molecular formula is C24H16BN. The molecule has 0 saturated carbocycles. The zero-order valence-electron chi connectivity index (χ0n) is 14.3. The smallest absolute Gasteiger partial charge is 0.328 e. The van der Waals surface area contributed by atoms with Crippen molar-refractivity contribution in [1.29, 1.82) is 0 Å². The van der Waals surface area contributed by atoms with Gasteiger partial charge >= 0.3 is 6.85 Å². The Morgan fingerprint density at radius 1 is 0.654 bits per heavy atom. The monoisotopic (exact) mass is 329 g/mol. The van der Waals surface area contributed by atoms with Gasteiger partial charge in [0, 0.05) is 11.3 Å². The van der Waals surface area contributed by atoms with E-state index < -0.39 is 0 Å². The van der Waals surface area contributed by atoms with Crippen molar-refractivity contribution in [1.82, 2.24) is 0 Å². The summed E-state index contributed by atoms with van der Waals surface area (Å²) in [7, 11) is 0. The molecule has 0 unspecified atom stereocenters. The van der Waals surface area contributed by atoms with Crippen molar-refractivity contribution in [2.24, 2.45) is 0 Å². The van der Waals surface area contributed by atoms with E-state index >= 15 is 0 Å². The Bertz CT molecular complexity index is 1210. The van der Waals surface area contributed by atoms with Gasteiger partial charge in [0.1, 0.15) is 0 Å². The molecule has 2 heteroatoms. The first kappa shape index (κ1) is 14.0. The van der Waals surface area contributed by atoms with Gasteiger partial charge < -0.3 is 4.81 Å². The summed E-state index contributed by atoms with van der Waals surface area (Å²) < 4.78 is 0.